The molecule has 2 unspecified atom stereocenters. The first-order valence-corrected chi connectivity index (χ1v) is 12.8. The van der Waals surface area contributed by atoms with E-state index in [1.54, 1.807) is 17.7 Å². The van der Waals surface area contributed by atoms with Crippen LogP contribution in [-0.2, 0) is 17.6 Å². The van der Waals surface area contributed by atoms with Crippen LogP contribution in [0.25, 0.3) is 21.1 Å². The van der Waals surface area contributed by atoms with Gasteiger partial charge >= 0.3 is 0 Å². The van der Waals surface area contributed by atoms with E-state index >= 15 is 0 Å². The monoisotopic (exact) mass is 458 g/mol. The van der Waals surface area contributed by atoms with Crippen molar-refractivity contribution in [2.24, 2.45) is 17.8 Å². The Morgan fingerprint density at radius 1 is 1.15 bits per heavy atom. The van der Waals surface area contributed by atoms with Crippen molar-refractivity contribution in [2.45, 2.75) is 38.5 Å². The molecule has 1 amide bonds. The van der Waals surface area contributed by atoms with Gasteiger partial charge in [0.2, 0.25) is 5.91 Å². The fourth-order valence-corrected chi connectivity index (χ4v) is 7.51. The third kappa shape index (κ3) is 3.22. The largest absolute Gasteiger partial charge is 0.342 e. The molecule has 7 nitrogen and oxygen atoms in total. The molecule has 3 aliphatic rings. The number of thiophene rings is 1. The van der Waals surface area contributed by atoms with Crippen LogP contribution in [0.2, 0.25) is 0 Å². The van der Waals surface area contributed by atoms with Gasteiger partial charge in [0.05, 0.1) is 17.1 Å². The number of aromatic amines is 1. The summed E-state index contributed by atoms with van der Waals surface area (Å²) in [6, 6.07) is 6.13. The van der Waals surface area contributed by atoms with E-state index in [1.807, 2.05) is 18.3 Å². The minimum atomic E-state index is 0.109. The highest BCUT2D eigenvalue weighted by molar-refractivity contribution is 7.19. The average Bonchev–Trinajstić information content (AvgIpc) is 3.59. The fraction of sp³-hybridized carbons (Fsp3) is 0.440. The highest BCUT2D eigenvalue weighted by atomic mass is 32.1. The molecular weight excluding hydrogens is 432 g/mol. The van der Waals surface area contributed by atoms with Crippen LogP contribution in [0.1, 0.15) is 36.1 Å². The van der Waals surface area contributed by atoms with E-state index < -0.39 is 0 Å². The van der Waals surface area contributed by atoms with Gasteiger partial charge in [-0.1, -0.05) is 6.42 Å². The van der Waals surface area contributed by atoms with Crippen LogP contribution in [0.3, 0.4) is 0 Å². The predicted molar refractivity (Wildman–Crippen MR) is 130 cm³/mol. The molecule has 168 valence electrons. The molecule has 4 aromatic rings. The molecule has 2 aliphatic carbocycles. The van der Waals surface area contributed by atoms with E-state index in [0.717, 1.165) is 76.8 Å². The number of likely N-dealkylation sites (tertiary alicyclic amines) is 1. The van der Waals surface area contributed by atoms with Gasteiger partial charge in [0, 0.05) is 35.0 Å². The van der Waals surface area contributed by atoms with Gasteiger partial charge in [-0.15, -0.1) is 11.3 Å². The van der Waals surface area contributed by atoms with Gasteiger partial charge < -0.3 is 10.2 Å². The third-order valence-corrected chi connectivity index (χ3v) is 9.10. The number of aryl methyl sites for hydroxylation is 1. The van der Waals surface area contributed by atoms with Gasteiger partial charge in [-0.2, -0.15) is 5.10 Å². The number of amides is 1. The van der Waals surface area contributed by atoms with Gasteiger partial charge in [0.15, 0.2) is 0 Å². The second-order valence-electron chi connectivity index (χ2n) is 9.84. The summed E-state index contributed by atoms with van der Waals surface area (Å²) in [4.78, 5) is 27.0. The van der Waals surface area contributed by atoms with Crippen LogP contribution >= 0.6 is 11.3 Å². The van der Waals surface area contributed by atoms with E-state index in [4.69, 9.17) is 0 Å². The lowest BCUT2D eigenvalue weighted by Crippen LogP contribution is -2.37. The summed E-state index contributed by atoms with van der Waals surface area (Å²) in [5.41, 5.74) is 3.32. The molecule has 0 radical (unpaired) electrons. The summed E-state index contributed by atoms with van der Waals surface area (Å²) in [6.45, 7) is 1.97. The number of aromatic nitrogens is 4. The maximum absolute atomic E-state index is 13.3. The van der Waals surface area contributed by atoms with Gasteiger partial charge in [-0.3, -0.25) is 9.89 Å². The van der Waals surface area contributed by atoms with Gasteiger partial charge in [-0.05, 0) is 67.7 Å². The van der Waals surface area contributed by atoms with Crippen molar-refractivity contribution in [3.05, 3.63) is 41.2 Å². The molecule has 0 spiro atoms. The Kier molecular flexibility index (Phi) is 4.43. The zero-order valence-electron chi connectivity index (χ0n) is 18.4. The zero-order valence-corrected chi connectivity index (χ0v) is 19.2. The van der Waals surface area contributed by atoms with Crippen LogP contribution in [0, 0.1) is 17.8 Å². The molecule has 4 heterocycles. The van der Waals surface area contributed by atoms with E-state index in [1.165, 1.54) is 29.7 Å². The topological polar surface area (TPSA) is 86.8 Å². The summed E-state index contributed by atoms with van der Waals surface area (Å²) in [5.74, 6) is 2.84. The number of carbonyl (C=O) groups is 1. The standard InChI is InChI=1S/C25H26N6OS/c32-25(31-11-15-2-1-3-16(15)12-31)14-4-6-19-21(9-14)33-24-22(19)23(26-13-27-24)29-18-5-7-20-17(8-18)10-28-30-20/h5,7-8,10,13-16H,1-4,6,9,11-12H2,(H,28,30)(H,26,27,29)/t14-,15?,16?/m0/s1. The lowest BCUT2D eigenvalue weighted by atomic mass is 9.87. The summed E-state index contributed by atoms with van der Waals surface area (Å²) < 4.78 is 0. The quantitative estimate of drug-likeness (QED) is 0.466. The van der Waals surface area contributed by atoms with E-state index in [9.17, 15) is 4.79 Å². The highest BCUT2D eigenvalue weighted by Gasteiger charge is 2.40. The van der Waals surface area contributed by atoms with Gasteiger partial charge in [0.1, 0.15) is 17.0 Å². The summed E-state index contributed by atoms with van der Waals surface area (Å²) >= 11 is 1.73. The number of hydrogen-bond acceptors (Lipinski definition) is 6. The van der Waals surface area contributed by atoms with E-state index in [2.05, 4.69) is 36.4 Å². The van der Waals surface area contributed by atoms with Gasteiger partial charge in [0.25, 0.3) is 0 Å². The van der Waals surface area contributed by atoms with Crippen molar-refractivity contribution in [3.8, 4) is 0 Å². The number of hydrogen-bond donors (Lipinski definition) is 2. The molecule has 2 fully saturated rings. The van der Waals surface area contributed by atoms with Gasteiger partial charge in [-0.25, -0.2) is 9.97 Å². The SMILES string of the molecule is O=C([C@H]1CCc2c(sc3ncnc(Nc4ccc5[nH]ncc5c4)c23)C1)N1CC2CCCC2C1. The lowest BCUT2D eigenvalue weighted by Gasteiger charge is -2.27. The van der Waals surface area contributed by atoms with Crippen molar-refractivity contribution in [1.29, 1.82) is 0 Å². The molecule has 33 heavy (non-hydrogen) atoms. The van der Waals surface area contributed by atoms with Crippen molar-refractivity contribution in [2.75, 3.05) is 18.4 Å². The highest BCUT2D eigenvalue weighted by Crippen LogP contribution is 2.42. The van der Waals surface area contributed by atoms with E-state index in [-0.39, 0.29) is 5.92 Å². The average molecular weight is 459 g/mol. The molecule has 3 aromatic heterocycles. The minimum Gasteiger partial charge on any atom is -0.342 e. The number of H-pyrrole nitrogens is 1. The van der Waals surface area contributed by atoms with Crippen LogP contribution in [0.15, 0.2) is 30.7 Å². The molecule has 1 saturated carbocycles. The molecule has 8 heteroatoms. The van der Waals surface area contributed by atoms with Crippen molar-refractivity contribution >= 4 is 49.9 Å². The Bertz CT molecular complexity index is 1360. The molecule has 7 rings (SSSR count). The van der Waals surface area contributed by atoms with Crippen LogP contribution < -0.4 is 5.32 Å². The van der Waals surface area contributed by atoms with Crippen LogP contribution in [0.4, 0.5) is 11.5 Å². The second kappa shape index (κ2) is 7.52. The Hall–Kier alpha value is -3.00. The Balaban J connectivity index is 1.16. The van der Waals surface area contributed by atoms with Crippen LogP contribution in [0.5, 0.6) is 0 Å². The van der Waals surface area contributed by atoms with Crippen molar-refractivity contribution in [1.82, 2.24) is 25.1 Å². The number of nitrogens with zero attached hydrogens (tertiary/aromatic N) is 4. The number of nitrogens with one attached hydrogen (secondary N) is 2. The first-order valence-electron chi connectivity index (χ1n) is 12.0. The molecule has 2 N–H and O–H groups in total. The zero-order chi connectivity index (χ0) is 21.9. The maximum atomic E-state index is 13.3. The summed E-state index contributed by atoms with van der Waals surface area (Å²) in [5, 5.41) is 12.8. The lowest BCUT2D eigenvalue weighted by molar-refractivity contribution is -0.135. The number of rotatable bonds is 3. The normalized spacial score (nSPS) is 24.4. The molecule has 1 aliphatic heterocycles. The Morgan fingerprint density at radius 3 is 2.91 bits per heavy atom. The first-order chi connectivity index (χ1) is 16.2. The fourth-order valence-electron chi connectivity index (χ4n) is 6.25. The second-order valence-corrected chi connectivity index (χ2v) is 10.9. The smallest absolute Gasteiger partial charge is 0.226 e. The Morgan fingerprint density at radius 2 is 2.03 bits per heavy atom. The first kappa shape index (κ1) is 19.5. The molecule has 1 aromatic carbocycles. The minimum absolute atomic E-state index is 0.109. The van der Waals surface area contributed by atoms with Crippen molar-refractivity contribution in [3.63, 3.8) is 0 Å². The summed E-state index contributed by atoms with van der Waals surface area (Å²) in [6.07, 6.45) is 10.1. The van der Waals surface area contributed by atoms with E-state index in [0.29, 0.717) is 5.91 Å². The maximum Gasteiger partial charge on any atom is 0.226 e. The number of anilines is 2. The molecule has 3 atom stereocenters. The summed E-state index contributed by atoms with van der Waals surface area (Å²) in [7, 11) is 0. The van der Waals surface area contributed by atoms with Crippen molar-refractivity contribution < 1.29 is 4.79 Å². The third-order valence-electron chi connectivity index (χ3n) is 7.94. The number of fused-ring (bicyclic) bond motifs is 5. The molecule has 0 bridgehead atoms. The predicted octanol–water partition coefficient (Wildman–Crippen LogP) is 4.67. The number of benzene rings is 1. The Labute approximate surface area is 195 Å². The molecule has 1 saturated heterocycles. The number of carbonyl (C=O) groups excluding carboxylic acids is 1. The molecular formula is C25H26N6OS. The van der Waals surface area contributed by atoms with Crippen LogP contribution in [-0.4, -0.2) is 44.1 Å².